The molecule has 3 heteroatoms. The molecular formula is C29H18N2S. The molecule has 3 aromatic heterocycles. The minimum absolute atomic E-state index is 1.06. The van der Waals surface area contributed by atoms with Crippen LogP contribution in [0.25, 0.3) is 58.9 Å². The zero-order valence-electron chi connectivity index (χ0n) is 17.2. The van der Waals surface area contributed by atoms with Crippen molar-refractivity contribution in [3.05, 3.63) is 109 Å². The first-order valence-electron chi connectivity index (χ1n) is 10.7. The molecule has 0 aliphatic rings. The third-order valence-electron chi connectivity index (χ3n) is 6.26. The Morgan fingerprint density at radius 3 is 2.25 bits per heavy atom. The van der Waals surface area contributed by atoms with Crippen LogP contribution in [0.5, 0.6) is 0 Å². The lowest BCUT2D eigenvalue weighted by molar-refractivity contribution is 1.18. The average Bonchev–Trinajstić information content (AvgIpc) is 3.40. The molecule has 0 fully saturated rings. The highest BCUT2D eigenvalue weighted by Gasteiger charge is 2.18. The first-order chi connectivity index (χ1) is 15.9. The summed E-state index contributed by atoms with van der Waals surface area (Å²) < 4.78 is 4.97. The van der Waals surface area contributed by atoms with Crippen LogP contribution in [0.2, 0.25) is 0 Å². The van der Waals surface area contributed by atoms with Gasteiger partial charge >= 0.3 is 0 Å². The monoisotopic (exact) mass is 426 g/mol. The highest BCUT2D eigenvalue weighted by molar-refractivity contribution is 7.26. The van der Waals surface area contributed by atoms with Crippen molar-refractivity contribution in [2.24, 2.45) is 0 Å². The molecule has 0 bridgehead atoms. The summed E-state index contributed by atoms with van der Waals surface area (Å²) in [5.74, 6) is 0. The Balaban J connectivity index is 1.53. The number of hydrogen-bond donors (Lipinski definition) is 0. The molecule has 0 unspecified atom stereocenters. The van der Waals surface area contributed by atoms with Gasteiger partial charge in [0.1, 0.15) is 0 Å². The topological polar surface area (TPSA) is 17.8 Å². The quantitative estimate of drug-likeness (QED) is 0.272. The van der Waals surface area contributed by atoms with Crippen molar-refractivity contribution in [2.75, 3.05) is 0 Å². The van der Waals surface area contributed by atoms with Crippen LogP contribution in [-0.2, 0) is 0 Å². The molecule has 0 aliphatic heterocycles. The molecule has 0 radical (unpaired) electrons. The Hall–Kier alpha value is -3.95. The minimum Gasteiger partial charge on any atom is -0.308 e. The van der Waals surface area contributed by atoms with E-state index < -0.39 is 0 Å². The fourth-order valence-electron chi connectivity index (χ4n) is 4.81. The zero-order chi connectivity index (χ0) is 21.1. The molecule has 0 saturated heterocycles. The molecule has 0 atom stereocenters. The highest BCUT2D eigenvalue weighted by Crippen LogP contribution is 2.42. The predicted octanol–water partition coefficient (Wildman–Crippen LogP) is 8.21. The number of aromatic nitrogens is 2. The largest absolute Gasteiger partial charge is 0.308 e. The van der Waals surface area contributed by atoms with Gasteiger partial charge in [-0.3, -0.25) is 4.98 Å². The van der Waals surface area contributed by atoms with E-state index in [0.717, 1.165) is 16.7 Å². The molecule has 0 amide bonds. The molecular weight excluding hydrogens is 408 g/mol. The van der Waals surface area contributed by atoms with Crippen molar-refractivity contribution in [2.45, 2.75) is 0 Å². The van der Waals surface area contributed by atoms with Crippen molar-refractivity contribution >= 4 is 53.4 Å². The number of rotatable bonds is 2. The van der Waals surface area contributed by atoms with Gasteiger partial charge in [0, 0.05) is 37.4 Å². The van der Waals surface area contributed by atoms with E-state index in [9.17, 15) is 0 Å². The normalized spacial score (nSPS) is 11.8. The summed E-state index contributed by atoms with van der Waals surface area (Å²) >= 11 is 1.86. The van der Waals surface area contributed by atoms with E-state index in [4.69, 9.17) is 4.98 Å². The zero-order valence-corrected chi connectivity index (χ0v) is 18.0. The Morgan fingerprint density at radius 1 is 0.594 bits per heavy atom. The van der Waals surface area contributed by atoms with Gasteiger partial charge in [0.15, 0.2) is 0 Å². The molecule has 2 nitrogen and oxygen atoms in total. The van der Waals surface area contributed by atoms with Gasteiger partial charge in [-0.05, 0) is 47.5 Å². The van der Waals surface area contributed by atoms with E-state index in [1.807, 2.05) is 23.6 Å². The van der Waals surface area contributed by atoms with Gasteiger partial charge in [-0.15, -0.1) is 11.3 Å². The maximum absolute atomic E-state index is 4.83. The second kappa shape index (κ2) is 6.78. The molecule has 7 rings (SSSR count). The van der Waals surface area contributed by atoms with E-state index in [2.05, 4.69) is 102 Å². The molecule has 4 aromatic carbocycles. The second-order valence-electron chi connectivity index (χ2n) is 8.05. The van der Waals surface area contributed by atoms with Gasteiger partial charge in [-0.2, -0.15) is 0 Å². The maximum atomic E-state index is 4.83. The van der Waals surface area contributed by atoms with Gasteiger partial charge < -0.3 is 4.57 Å². The Morgan fingerprint density at radius 2 is 1.38 bits per heavy atom. The number of fused-ring (bicyclic) bond motifs is 7. The van der Waals surface area contributed by atoms with Gasteiger partial charge in [-0.25, -0.2) is 0 Å². The molecule has 0 aliphatic carbocycles. The first kappa shape index (κ1) is 17.7. The number of hydrogen-bond acceptors (Lipinski definition) is 2. The number of thiophene rings is 1. The highest BCUT2D eigenvalue weighted by atomic mass is 32.1. The summed E-state index contributed by atoms with van der Waals surface area (Å²) in [6.07, 6.45) is 1.90. The Bertz CT molecular complexity index is 1760. The van der Waals surface area contributed by atoms with Crippen LogP contribution < -0.4 is 0 Å². The number of nitrogens with zero attached hydrogens (tertiary/aromatic N) is 2. The second-order valence-corrected chi connectivity index (χ2v) is 9.11. The summed E-state index contributed by atoms with van der Waals surface area (Å²) in [4.78, 5) is 4.83. The molecule has 0 N–H and O–H groups in total. The van der Waals surface area contributed by atoms with E-state index in [1.54, 1.807) is 0 Å². The van der Waals surface area contributed by atoms with Crippen molar-refractivity contribution in [3.8, 4) is 16.8 Å². The summed E-state index contributed by atoms with van der Waals surface area (Å²) in [5, 5.41) is 3.87. The summed E-state index contributed by atoms with van der Waals surface area (Å²) in [5.41, 5.74) is 7.00. The lowest BCUT2D eigenvalue weighted by Crippen LogP contribution is -1.93. The van der Waals surface area contributed by atoms with Crippen LogP contribution >= 0.6 is 11.3 Å². The van der Waals surface area contributed by atoms with E-state index >= 15 is 0 Å². The summed E-state index contributed by atoms with van der Waals surface area (Å²) in [7, 11) is 0. The van der Waals surface area contributed by atoms with Gasteiger partial charge in [0.05, 0.1) is 16.6 Å². The molecule has 7 aromatic rings. The Labute approximate surface area is 189 Å². The SMILES string of the molecule is c1ccc(-c2ccc(-n3c4cccnc4c4c5sc6ccccc6c5ccc43)cc2)cc1. The third-order valence-corrected chi connectivity index (χ3v) is 7.47. The average molecular weight is 427 g/mol. The standard InChI is InChI=1S/C29H18N2S/c1-2-7-19(8-3-1)20-12-14-21(15-13-20)31-24-17-16-23-22-9-4-5-11-26(22)32-29(23)27(24)28-25(31)10-6-18-30-28/h1-18H. The van der Waals surface area contributed by atoms with Crippen molar-refractivity contribution in [1.82, 2.24) is 9.55 Å². The van der Waals surface area contributed by atoms with Crippen molar-refractivity contribution in [1.29, 1.82) is 0 Å². The van der Waals surface area contributed by atoms with Gasteiger partial charge in [0.2, 0.25) is 0 Å². The fourth-order valence-corrected chi connectivity index (χ4v) is 6.05. The summed E-state index contributed by atoms with van der Waals surface area (Å²) in [6, 6.07) is 36.7. The maximum Gasteiger partial charge on any atom is 0.0977 e. The van der Waals surface area contributed by atoms with Crippen LogP contribution in [0.4, 0.5) is 0 Å². The minimum atomic E-state index is 1.06. The van der Waals surface area contributed by atoms with Crippen molar-refractivity contribution < 1.29 is 0 Å². The van der Waals surface area contributed by atoms with Crippen LogP contribution in [0.3, 0.4) is 0 Å². The Kier molecular flexibility index (Phi) is 3.75. The van der Waals surface area contributed by atoms with Crippen LogP contribution in [0.1, 0.15) is 0 Å². The summed E-state index contributed by atoms with van der Waals surface area (Å²) in [6.45, 7) is 0. The molecule has 3 heterocycles. The van der Waals surface area contributed by atoms with Crippen LogP contribution in [0, 0.1) is 0 Å². The van der Waals surface area contributed by atoms with Crippen LogP contribution in [-0.4, -0.2) is 9.55 Å². The molecule has 0 spiro atoms. The first-order valence-corrected chi connectivity index (χ1v) is 11.6. The fraction of sp³-hybridized carbons (Fsp3) is 0. The van der Waals surface area contributed by atoms with Gasteiger partial charge in [0.25, 0.3) is 0 Å². The third kappa shape index (κ3) is 2.49. The molecule has 32 heavy (non-hydrogen) atoms. The van der Waals surface area contributed by atoms with Crippen molar-refractivity contribution in [3.63, 3.8) is 0 Å². The smallest absolute Gasteiger partial charge is 0.0977 e. The van der Waals surface area contributed by atoms with Gasteiger partial charge in [-0.1, -0.05) is 66.7 Å². The van der Waals surface area contributed by atoms with E-state index in [0.29, 0.717) is 0 Å². The lowest BCUT2D eigenvalue weighted by atomic mass is 10.1. The molecule has 150 valence electrons. The van der Waals surface area contributed by atoms with Crippen LogP contribution in [0.15, 0.2) is 109 Å². The van der Waals surface area contributed by atoms with E-state index in [1.165, 1.54) is 42.2 Å². The molecule has 0 saturated carbocycles. The number of benzene rings is 4. The predicted molar refractivity (Wildman–Crippen MR) is 137 cm³/mol. The lowest BCUT2D eigenvalue weighted by Gasteiger charge is -2.09. The number of pyridine rings is 1. The van der Waals surface area contributed by atoms with E-state index in [-0.39, 0.29) is 0 Å².